The molecule has 9 heteroatoms. The number of aliphatic carboxylic acids is 1. The summed E-state index contributed by atoms with van der Waals surface area (Å²) in [7, 11) is 5.94. The number of carbonyl (C=O) groups excluding carboxylic acids is 3. The van der Waals surface area contributed by atoms with E-state index in [0.717, 1.165) is 83.5 Å². The van der Waals surface area contributed by atoms with Gasteiger partial charge in [0.05, 0.1) is 40.3 Å². The summed E-state index contributed by atoms with van der Waals surface area (Å²) >= 11 is 0. The van der Waals surface area contributed by atoms with E-state index in [1.807, 2.05) is 21.1 Å². The number of unbranched alkanes of at least 4 members (excludes halogenated alkanes) is 42. The third-order valence-electron chi connectivity index (χ3n) is 16.9. The van der Waals surface area contributed by atoms with Crippen LogP contribution in [0.2, 0.25) is 0 Å². The molecule has 0 rings (SSSR count). The molecular formula is C81H145NO8. The molecule has 0 spiro atoms. The van der Waals surface area contributed by atoms with Crippen molar-refractivity contribution < 1.29 is 42.9 Å². The molecule has 2 atom stereocenters. The number of quaternary nitrogens is 1. The molecule has 0 saturated carbocycles. The first-order valence-corrected chi connectivity index (χ1v) is 38.2. The molecule has 2 unspecified atom stereocenters. The molecule has 0 amide bonds. The fourth-order valence-corrected chi connectivity index (χ4v) is 11.1. The first-order valence-electron chi connectivity index (χ1n) is 38.2. The average molecular weight is 1260 g/mol. The highest BCUT2D eigenvalue weighted by Gasteiger charge is 2.22. The van der Waals surface area contributed by atoms with Crippen molar-refractivity contribution in [2.75, 3.05) is 47.5 Å². The van der Waals surface area contributed by atoms with Crippen LogP contribution >= 0.6 is 0 Å². The third kappa shape index (κ3) is 71.9. The van der Waals surface area contributed by atoms with Crippen LogP contribution in [0, 0.1) is 0 Å². The van der Waals surface area contributed by atoms with Crippen molar-refractivity contribution in [1.29, 1.82) is 0 Å². The first-order chi connectivity index (χ1) is 44.1. The molecule has 0 aliphatic heterocycles. The Bertz CT molecular complexity index is 1760. The van der Waals surface area contributed by atoms with E-state index >= 15 is 0 Å². The van der Waals surface area contributed by atoms with E-state index in [0.29, 0.717) is 23.9 Å². The number of rotatable bonds is 71. The number of allylic oxidation sites excluding steroid dienone is 14. The minimum Gasteiger partial charge on any atom is -0.545 e. The maximum atomic E-state index is 13.0. The van der Waals surface area contributed by atoms with Gasteiger partial charge in [-0.2, -0.15) is 0 Å². The van der Waals surface area contributed by atoms with Gasteiger partial charge in [0.15, 0.2) is 12.4 Å². The number of ether oxygens (including phenoxy) is 4. The molecule has 0 radical (unpaired) electrons. The van der Waals surface area contributed by atoms with Crippen molar-refractivity contribution >= 4 is 17.9 Å². The van der Waals surface area contributed by atoms with Gasteiger partial charge in [0, 0.05) is 12.8 Å². The SMILES string of the molecule is CC/C=C\C/C=C\C/C=C\C/C=C\C/C=C\C/C=C\C/C=C\CCCCCCCCCCCCCCCC(=O)OC(COC(=O)CCCCCCCCCCCCCCCCCCCCCCCCCCCCCCCC)COC(OCC[N+](C)(C)C)C(=O)[O-]. The Morgan fingerprint density at radius 1 is 0.344 bits per heavy atom. The van der Waals surface area contributed by atoms with Crippen LogP contribution in [-0.4, -0.2) is 82.3 Å². The molecule has 9 nitrogen and oxygen atoms in total. The molecule has 0 aromatic heterocycles. The Labute approximate surface area is 557 Å². The second kappa shape index (κ2) is 71.3. The van der Waals surface area contributed by atoms with E-state index in [2.05, 4.69) is 98.9 Å². The number of esters is 2. The average Bonchev–Trinajstić information content (AvgIpc) is 3.73. The Hall–Kier alpha value is -3.53. The lowest BCUT2D eigenvalue weighted by Gasteiger charge is -2.26. The summed E-state index contributed by atoms with van der Waals surface area (Å²) in [6.07, 6.45) is 94.0. The Balaban J connectivity index is 4.06. The van der Waals surface area contributed by atoms with Gasteiger partial charge in [-0.05, 0) is 70.6 Å². The molecule has 0 fully saturated rings. The number of carbonyl (C=O) groups is 3. The highest BCUT2D eigenvalue weighted by atomic mass is 16.7. The van der Waals surface area contributed by atoms with Crippen LogP contribution in [0.5, 0.6) is 0 Å². The Kier molecular flexibility index (Phi) is 68.5. The highest BCUT2D eigenvalue weighted by Crippen LogP contribution is 2.19. The first kappa shape index (κ1) is 86.5. The van der Waals surface area contributed by atoms with Crippen molar-refractivity contribution in [2.45, 2.75) is 367 Å². The lowest BCUT2D eigenvalue weighted by atomic mass is 10.0. The topological polar surface area (TPSA) is 111 Å². The van der Waals surface area contributed by atoms with Gasteiger partial charge in [0.25, 0.3) is 0 Å². The van der Waals surface area contributed by atoms with Crippen molar-refractivity contribution in [1.82, 2.24) is 0 Å². The zero-order valence-corrected chi connectivity index (χ0v) is 59.8. The van der Waals surface area contributed by atoms with Gasteiger partial charge in [-0.1, -0.05) is 356 Å². The van der Waals surface area contributed by atoms with Crippen molar-refractivity contribution in [3.8, 4) is 0 Å². The number of carboxylic acid groups (broad SMARTS) is 1. The molecule has 0 N–H and O–H groups in total. The van der Waals surface area contributed by atoms with Gasteiger partial charge in [0.2, 0.25) is 0 Å². The normalized spacial score (nSPS) is 13.1. The standard InChI is InChI=1S/C81H145NO8/c1-6-8-10-12-14-16-18-20-22-24-26-28-30-32-34-36-38-39-40-41-42-44-46-48-50-52-54-56-58-60-62-64-66-68-70-72-79(84)90-77(76-89-81(80(85)86)87-74-73-82(3,4)5)75-88-78(83)71-69-67-65-63-61-59-57-55-53-51-49-47-45-43-37-35-33-31-29-27-25-23-21-19-17-15-13-11-9-7-2/h8,10,14,16,20,22,26,28,32,34,38-39,41-42,77,81H,6-7,9,11-13,15,17-19,21,23-25,27,29-31,33,35-37,40,43-76H2,1-5H3/b10-8-,16-14-,22-20-,28-26-,34-32-,39-38-,42-41-. The van der Waals surface area contributed by atoms with E-state index in [9.17, 15) is 19.5 Å². The summed E-state index contributed by atoms with van der Waals surface area (Å²) in [5, 5.41) is 11.8. The monoisotopic (exact) mass is 1260 g/mol. The highest BCUT2D eigenvalue weighted by molar-refractivity contribution is 5.70. The molecule has 0 bridgehead atoms. The number of nitrogens with zero attached hydrogens (tertiary/aromatic N) is 1. The van der Waals surface area contributed by atoms with Crippen LogP contribution in [0.4, 0.5) is 0 Å². The van der Waals surface area contributed by atoms with Crippen LogP contribution in [-0.2, 0) is 33.3 Å². The molecule has 0 saturated heterocycles. The minimum absolute atomic E-state index is 0.147. The fraction of sp³-hybridized carbons (Fsp3) is 0.790. The molecule has 0 heterocycles. The van der Waals surface area contributed by atoms with Crippen molar-refractivity contribution in [2.24, 2.45) is 0 Å². The molecular weight excluding hydrogens is 1110 g/mol. The van der Waals surface area contributed by atoms with E-state index in [1.165, 1.54) is 238 Å². The third-order valence-corrected chi connectivity index (χ3v) is 16.9. The molecule has 0 aliphatic rings. The van der Waals surface area contributed by atoms with Crippen molar-refractivity contribution in [3.05, 3.63) is 85.1 Å². The van der Waals surface area contributed by atoms with Crippen LogP contribution in [0.25, 0.3) is 0 Å². The zero-order valence-electron chi connectivity index (χ0n) is 59.8. The molecule has 90 heavy (non-hydrogen) atoms. The Morgan fingerprint density at radius 3 is 0.944 bits per heavy atom. The van der Waals surface area contributed by atoms with Crippen LogP contribution in [0.3, 0.4) is 0 Å². The maximum absolute atomic E-state index is 13.0. The smallest absolute Gasteiger partial charge is 0.306 e. The van der Waals surface area contributed by atoms with Gasteiger partial charge in [0.1, 0.15) is 13.2 Å². The second-order valence-corrected chi connectivity index (χ2v) is 26.9. The zero-order chi connectivity index (χ0) is 65.4. The van der Waals surface area contributed by atoms with Crippen molar-refractivity contribution in [3.63, 3.8) is 0 Å². The predicted molar refractivity (Wildman–Crippen MR) is 384 cm³/mol. The molecule has 522 valence electrons. The van der Waals surface area contributed by atoms with E-state index in [-0.39, 0.29) is 32.2 Å². The lowest BCUT2D eigenvalue weighted by Crippen LogP contribution is -2.44. The van der Waals surface area contributed by atoms with Gasteiger partial charge in [-0.15, -0.1) is 0 Å². The van der Waals surface area contributed by atoms with Gasteiger partial charge in [-0.3, -0.25) is 9.59 Å². The maximum Gasteiger partial charge on any atom is 0.306 e. The number of hydrogen-bond acceptors (Lipinski definition) is 8. The van der Waals surface area contributed by atoms with Gasteiger partial charge < -0.3 is 33.3 Å². The van der Waals surface area contributed by atoms with Gasteiger partial charge in [-0.25, -0.2) is 0 Å². The second-order valence-electron chi connectivity index (χ2n) is 26.9. The summed E-state index contributed by atoms with van der Waals surface area (Å²) in [6, 6.07) is 0. The predicted octanol–water partition coefficient (Wildman–Crippen LogP) is 22.9. The summed E-state index contributed by atoms with van der Waals surface area (Å²) in [6.45, 7) is 4.69. The van der Waals surface area contributed by atoms with Gasteiger partial charge >= 0.3 is 11.9 Å². The molecule has 0 aromatic rings. The van der Waals surface area contributed by atoms with Crippen LogP contribution < -0.4 is 5.11 Å². The minimum atomic E-state index is -1.62. The van der Waals surface area contributed by atoms with Crippen LogP contribution in [0.15, 0.2) is 85.1 Å². The summed E-state index contributed by atoms with van der Waals surface area (Å²) in [5.41, 5.74) is 0. The lowest BCUT2D eigenvalue weighted by molar-refractivity contribution is -0.870. The molecule has 0 aliphatic carbocycles. The number of hydrogen-bond donors (Lipinski definition) is 0. The summed E-state index contributed by atoms with van der Waals surface area (Å²) in [4.78, 5) is 37.6. The fourth-order valence-electron chi connectivity index (χ4n) is 11.1. The summed E-state index contributed by atoms with van der Waals surface area (Å²) < 4.78 is 22.9. The van der Waals surface area contributed by atoms with E-state index in [4.69, 9.17) is 18.9 Å². The summed E-state index contributed by atoms with van der Waals surface area (Å²) in [5.74, 6) is -2.27. The largest absolute Gasteiger partial charge is 0.545 e. The van der Waals surface area contributed by atoms with Crippen LogP contribution in [0.1, 0.15) is 354 Å². The molecule has 0 aromatic carbocycles. The van der Waals surface area contributed by atoms with E-state index in [1.54, 1.807) is 0 Å². The quantitative estimate of drug-likeness (QED) is 0.0195. The number of carboxylic acids is 1. The number of likely N-dealkylation sites (N-methyl/N-ethyl adjacent to an activating group) is 1. The van der Waals surface area contributed by atoms with E-state index < -0.39 is 24.3 Å². The Morgan fingerprint density at radius 2 is 0.633 bits per heavy atom.